The van der Waals surface area contributed by atoms with Gasteiger partial charge in [0.1, 0.15) is 23.7 Å². The molecule has 0 fully saturated rings. The van der Waals surface area contributed by atoms with Gasteiger partial charge in [0.15, 0.2) is 11.6 Å². The minimum Gasteiger partial charge on any atom is -0.389 e. The van der Waals surface area contributed by atoms with E-state index >= 15 is 4.39 Å². The number of pyridine rings is 1. The summed E-state index contributed by atoms with van der Waals surface area (Å²) in [6, 6.07) is 10.8. The molecule has 0 spiro atoms. The molecule has 9 nitrogen and oxygen atoms in total. The van der Waals surface area contributed by atoms with Crippen LogP contribution in [0.15, 0.2) is 48.8 Å². The standard InChI is InChI=1S/C24H21F3N8O/c1-12-4-6-21(32-31-12)29-17-10-18-20(9-16(17)25)34(11-28-18)22-7-5-15(14(3)36)24(30-22)35-13(2)8-19(33-35)23(26)27/h4-11,14,23,36H,1-3H3,(H,29,32)/t14-/m0/s1. The Kier molecular flexibility index (Phi) is 5.88. The average Bonchev–Trinajstić information content (AvgIpc) is 3.43. The summed E-state index contributed by atoms with van der Waals surface area (Å²) in [5.41, 5.74) is 2.25. The zero-order chi connectivity index (χ0) is 25.6. The number of benzene rings is 1. The Labute approximate surface area is 203 Å². The Morgan fingerprint density at radius 2 is 1.83 bits per heavy atom. The van der Waals surface area contributed by atoms with E-state index in [-0.39, 0.29) is 11.5 Å². The van der Waals surface area contributed by atoms with Crippen molar-refractivity contribution < 1.29 is 18.3 Å². The van der Waals surface area contributed by atoms with E-state index in [1.165, 1.54) is 23.1 Å². The number of hydrogen-bond donors (Lipinski definition) is 2. The van der Waals surface area contributed by atoms with Gasteiger partial charge in [0, 0.05) is 17.3 Å². The molecule has 5 aromatic rings. The van der Waals surface area contributed by atoms with Crippen molar-refractivity contribution >= 4 is 22.5 Å². The molecular weight excluding hydrogens is 473 g/mol. The van der Waals surface area contributed by atoms with Crippen molar-refractivity contribution in [2.75, 3.05) is 5.32 Å². The first-order valence-electron chi connectivity index (χ1n) is 11.0. The minimum absolute atomic E-state index is 0.177. The summed E-state index contributed by atoms with van der Waals surface area (Å²) in [4.78, 5) is 8.95. The molecule has 0 aliphatic rings. The van der Waals surface area contributed by atoms with E-state index in [0.29, 0.717) is 33.9 Å². The summed E-state index contributed by atoms with van der Waals surface area (Å²) in [7, 11) is 0. The number of nitrogens with one attached hydrogen (secondary N) is 1. The number of hydrogen-bond acceptors (Lipinski definition) is 7. The smallest absolute Gasteiger partial charge is 0.282 e. The predicted molar refractivity (Wildman–Crippen MR) is 126 cm³/mol. The van der Waals surface area contributed by atoms with Gasteiger partial charge < -0.3 is 10.4 Å². The lowest BCUT2D eigenvalue weighted by Crippen LogP contribution is -2.11. The Balaban J connectivity index is 1.58. The molecule has 0 saturated carbocycles. The molecule has 12 heteroatoms. The number of nitrogens with zero attached hydrogens (tertiary/aromatic N) is 7. The van der Waals surface area contributed by atoms with Gasteiger partial charge in [0.2, 0.25) is 0 Å². The van der Waals surface area contributed by atoms with E-state index in [4.69, 9.17) is 0 Å². The average molecular weight is 494 g/mol. The summed E-state index contributed by atoms with van der Waals surface area (Å²) in [6.07, 6.45) is -2.21. The molecule has 0 radical (unpaired) electrons. The number of aromatic nitrogens is 7. The van der Waals surface area contributed by atoms with Gasteiger partial charge in [0.05, 0.1) is 28.5 Å². The number of aryl methyl sites for hydroxylation is 2. The lowest BCUT2D eigenvalue weighted by molar-refractivity contribution is 0.145. The fourth-order valence-electron chi connectivity index (χ4n) is 3.81. The van der Waals surface area contributed by atoms with Crippen LogP contribution in [0.1, 0.15) is 42.1 Å². The second-order valence-corrected chi connectivity index (χ2v) is 8.30. The van der Waals surface area contributed by atoms with Crippen LogP contribution in [0.2, 0.25) is 0 Å². The van der Waals surface area contributed by atoms with Crippen LogP contribution in [-0.4, -0.2) is 39.6 Å². The summed E-state index contributed by atoms with van der Waals surface area (Å²) in [6.45, 7) is 4.96. The number of fused-ring (bicyclic) bond motifs is 1. The highest BCUT2D eigenvalue weighted by molar-refractivity contribution is 5.82. The Morgan fingerprint density at radius 1 is 1.03 bits per heavy atom. The summed E-state index contributed by atoms with van der Waals surface area (Å²) in [5, 5.41) is 25.1. The summed E-state index contributed by atoms with van der Waals surface area (Å²) < 4.78 is 44.3. The molecule has 1 atom stereocenters. The number of anilines is 2. The number of aliphatic hydroxyl groups excluding tert-OH is 1. The van der Waals surface area contributed by atoms with Gasteiger partial charge in [-0.1, -0.05) is 0 Å². The summed E-state index contributed by atoms with van der Waals surface area (Å²) >= 11 is 0. The van der Waals surface area contributed by atoms with Gasteiger partial charge in [-0.15, -0.1) is 5.10 Å². The van der Waals surface area contributed by atoms with Crippen LogP contribution >= 0.6 is 0 Å². The molecule has 5 rings (SSSR count). The molecule has 0 saturated heterocycles. The number of imidazole rings is 1. The van der Waals surface area contributed by atoms with Gasteiger partial charge in [-0.3, -0.25) is 4.57 Å². The van der Waals surface area contributed by atoms with Crippen LogP contribution in [0.3, 0.4) is 0 Å². The van der Waals surface area contributed by atoms with Crippen LogP contribution in [0.25, 0.3) is 22.7 Å². The maximum Gasteiger partial charge on any atom is 0.282 e. The minimum atomic E-state index is -2.75. The molecule has 184 valence electrons. The van der Waals surface area contributed by atoms with Crippen molar-refractivity contribution in [2.45, 2.75) is 33.3 Å². The molecule has 0 aliphatic heterocycles. The van der Waals surface area contributed by atoms with Crippen LogP contribution in [-0.2, 0) is 0 Å². The number of rotatable bonds is 6. The first-order valence-corrected chi connectivity index (χ1v) is 11.0. The van der Waals surface area contributed by atoms with Gasteiger partial charge in [-0.25, -0.2) is 27.8 Å². The SMILES string of the molecule is Cc1ccc(Nc2cc3ncn(-c4ccc([C@H](C)O)c(-n5nc(C(F)F)cc5C)n4)c3cc2F)nn1. The first-order chi connectivity index (χ1) is 17.2. The highest BCUT2D eigenvalue weighted by Gasteiger charge is 2.20. The van der Waals surface area contributed by atoms with E-state index in [2.05, 4.69) is 30.6 Å². The molecular formula is C24H21F3N8O. The maximum absolute atomic E-state index is 15.0. The van der Waals surface area contributed by atoms with Crippen LogP contribution in [0.5, 0.6) is 0 Å². The normalized spacial score (nSPS) is 12.4. The van der Waals surface area contributed by atoms with E-state index in [9.17, 15) is 13.9 Å². The van der Waals surface area contributed by atoms with E-state index in [1.54, 1.807) is 55.7 Å². The van der Waals surface area contributed by atoms with Gasteiger partial charge in [-0.2, -0.15) is 10.2 Å². The highest BCUT2D eigenvalue weighted by Crippen LogP contribution is 2.29. The molecule has 2 N–H and O–H groups in total. The number of halogens is 3. The van der Waals surface area contributed by atoms with Crippen molar-refractivity contribution in [1.29, 1.82) is 0 Å². The van der Waals surface area contributed by atoms with Crippen LogP contribution in [0, 0.1) is 19.7 Å². The van der Waals surface area contributed by atoms with Crippen molar-refractivity contribution in [3.05, 3.63) is 77.3 Å². The maximum atomic E-state index is 15.0. The van der Waals surface area contributed by atoms with E-state index in [0.717, 1.165) is 5.69 Å². The van der Waals surface area contributed by atoms with Crippen LogP contribution < -0.4 is 5.32 Å². The zero-order valence-corrected chi connectivity index (χ0v) is 19.5. The molecule has 4 heterocycles. The van der Waals surface area contributed by atoms with Crippen molar-refractivity contribution in [3.8, 4) is 11.6 Å². The van der Waals surface area contributed by atoms with Gasteiger partial charge >= 0.3 is 0 Å². The highest BCUT2D eigenvalue weighted by atomic mass is 19.3. The first kappa shape index (κ1) is 23.4. The lowest BCUT2D eigenvalue weighted by atomic mass is 10.1. The Hall–Kier alpha value is -4.32. The zero-order valence-electron chi connectivity index (χ0n) is 19.5. The predicted octanol–water partition coefficient (Wildman–Crippen LogP) is 4.89. The monoisotopic (exact) mass is 494 g/mol. The fraction of sp³-hybridized carbons (Fsp3) is 0.208. The van der Waals surface area contributed by atoms with Crippen molar-refractivity contribution in [1.82, 2.24) is 34.5 Å². The molecule has 4 aromatic heterocycles. The lowest BCUT2D eigenvalue weighted by Gasteiger charge is -2.15. The molecule has 0 aliphatic carbocycles. The molecule has 0 unspecified atom stereocenters. The summed E-state index contributed by atoms with van der Waals surface area (Å²) in [5.74, 6) is 0.369. The number of aliphatic hydroxyl groups is 1. The third kappa shape index (κ3) is 4.26. The Bertz CT molecular complexity index is 1560. The van der Waals surface area contributed by atoms with E-state index < -0.39 is 24.0 Å². The van der Waals surface area contributed by atoms with Crippen molar-refractivity contribution in [3.63, 3.8) is 0 Å². The fourth-order valence-corrected chi connectivity index (χ4v) is 3.81. The molecule has 0 bridgehead atoms. The molecule has 36 heavy (non-hydrogen) atoms. The van der Waals surface area contributed by atoms with E-state index in [1.807, 2.05) is 0 Å². The Morgan fingerprint density at radius 3 is 2.50 bits per heavy atom. The quantitative estimate of drug-likeness (QED) is 0.346. The third-order valence-electron chi connectivity index (χ3n) is 5.61. The van der Waals surface area contributed by atoms with Crippen LogP contribution in [0.4, 0.5) is 24.7 Å². The number of alkyl halides is 2. The van der Waals surface area contributed by atoms with Gasteiger partial charge in [-0.05, 0) is 57.2 Å². The second-order valence-electron chi connectivity index (χ2n) is 8.30. The topological polar surface area (TPSA) is 107 Å². The van der Waals surface area contributed by atoms with Crippen molar-refractivity contribution in [2.24, 2.45) is 0 Å². The largest absolute Gasteiger partial charge is 0.389 e. The molecule has 1 aromatic carbocycles. The second kappa shape index (κ2) is 9.04. The third-order valence-corrected chi connectivity index (χ3v) is 5.61. The molecule has 0 amide bonds. The van der Waals surface area contributed by atoms with Gasteiger partial charge in [0.25, 0.3) is 6.43 Å².